The average Bonchev–Trinajstić information content (AvgIpc) is 2.61. The first-order valence-electron chi connectivity index (χ1n) is 5.87. The summed E-state index contributed by atoms with van der Waals surface area (Å²) in [7, 11) is 0. The van der Waals surface area contributed by atoms with E-state index in [9.17, 15) is 0 Å². The fourth-order valence-corrected chi connectivity index (χ4v) is 1.97. The van der Waals surface area contributed by atoms with Gasteiger partial charge in [0.15, 0.2) is 0 Å². The molecule has 1 aliphatic rings. The predicted molar refractivity (Wildman–Crippen MR) is 61.5 cm³/mol. The molecule has 15 heavy (non-hydrogen) atoms. The molecule has 0 aliphatic heterocycles. The molecular formula is C12H21N3. The van der Waals surface area contributed by atoms with Crippen LogP contribution in [0.15, 0.2) is 12.3 Å². The van der Waals surface area contributed by atoms with Crippen LogP contribution in [-0.4, -0.2) is 15.8 Å². The van der Waals surface area contributed by atoms with Gasteiger partial charge < -0.3 is 5.32 Å². The van der Waals surface area contributed by atoms with Gasteiger partial charge in [0.2, 0.25) is 0 Å². The second-order valence-corrected chi connectivity index (χ2v) is 5.17. The van der Waals surface area contributed by atoms with Crippen LogP contribution in [0.5, 0.6) is 0 Å². The quantitative estimate of drug-likeness (QED) is 0.802. The molecule has 1 aliphatic carbocycles. The Morgan fingerprint density at radius 2 is 2.33 bits per heavy atom. The van der Waals surface area contributed by atoms with Crippen molar-refractivity contribution in [2.75, 3.05) is 0 Å². The SMILES string of the molecule is CCCn1nccc1CNC1CC1(C)C. The summed E-state index contributed by atoms with van der Waals surface area (Å²) >= 11 is 0. The van der Waals surface area contributed by atoms with E-state index < -0.39 is 0 Å². The highest BCUT2D eigenvalue weighted by Gasteiger charge is 2.45. The van der Waals surface area contributed by atoms with Gasteiger partial charge in [-0.25, -0.2) is 0 Å². The standard InChI is InChI=1S/C12H21N3/c1-4-7-15-10(5-6-14-15)9-13-11-8-12(11,2)3/h5-6,11,13H,4,7-9H2,1-3H3. The summed E-state index contributed by atoms with van der Waals surface area (Å²) in [6.07, 6.45) is 4.34. The number of rotatable bonds is 5. The van der Waals surface area contributed by atoms with E-state index in [1.165, 1.54) is 12.1 Å². The molecule has 3 heteroatoms. The fraction of sp³-hybridized carbons (Fsp3) is 0.750. The summed E-state index contributed by atoms with van der Waals surface area (Å²) in [5.41, 5.74) is 1.81. The van der Waals surface area contributed by atoms with Crippen molar-refractivity contribution in [1.82, 2.24) is 15.1 Å². The lowest BCUT2D eigenvalue weighted by Gasteiger charge is -2.08. The molecule has 1 unspecified atom stereocenters. The molecule has 0 bridgehead atoms. The molecule has 84 valence electrons. The normalized spacial score (nSPS) is 23.0. The number of hydrogen-bond donors (Lipinski definition) is 1. The topological polar surface area (TPSA) is 29.9 Å². The van der Waals surface area contributed by atoms with Crippen molar-refractivity contribution in [3.63, 3.8) is 0 Å². The first-order chi connectivity index (χ1) is 7.13. The molecular weight excluding hydrogens is 186 g/mol. The molecule has 0 amide bonds. The first-order valence-corrected chi connectivity index (χ1v) is 5.87. The largest absolute Gasteiger partial charge is 0.308 e. The minimum atomic E-state index is 0.510. The molecule has 2 rings (SSSR count). The zero-order valence-corrected chi connectivity index (χ0v) is 9.95. The summed E-state index contributed by atoms with van der Waals surface area (Å²) in [5, 5.41) is 7.90. The van der Waals surface area contributed by atoms with Crippen molar-refractivity contribution in [1.29, 1.82) is 0 Å². The Hall–Kier alpha value is -0.830. The monoisotopic (exact) mass is 207 g/mol. The molecule has 0 radical (unpaired) electrons. The third kappa shape index (κ3) is 2.40. The fourth-order valence-electron chi connectivity index (χ4n) is 1.97. The third-order valence-electron chi connectivity index (χ3n) is 3.28. The molecule has 0 aromatic carbocycles. The Labute approximate surface area is 91.9 Å². The number of hydrogen-bond acceptors (Lipinski definition) is 2. The van der Waals surface area contributed by atoms with Crippen molar-refractivity contribution < 1.29 is 0 Å². The Bertz CT molecular complexity index is 327. The van der Waals surface area contributed by atoms with Crippen LogP contribution in [0.4, 0.5) is 0 Å². The summed E-state index contributed by atoms with van der Waals surface area (Å²) in [5.74, 6) is 0. The van der Waals surface area contributed by atoms with Crippen LogP contribution in [0.25, 0.3) is 0 Å². The van der Waals surface area contributed by atoms with Gasteiger partial charge in [0, 0.05) is 25.3 Å². The van der Waals surface area contributed by atoms with Crippen molar-refractivity contribution in [2.24, 2.45) is 5.41 Å². The number of nitrogens with one attached hydrogen (secondary N) is 1. The van der Waals surface area contributed by atoms with Gasteiger partial charge in [0.1, 0.15) is 0 Å². The Kier molecular flexibility index (Phi) is 2.83. The van der Waals surface area contributed by atoms with Gasteiger partial charge in [-0.1, -0.05) is 20.8 Å². The lowest BCUT2D eigenvalue weighted by molar-refractivity contribution is 0.510. The lowest BCUT2D eigenvalue weighted by atomic mass is 10.2. The second kappa shape index (κ2) is 3.97. The average molecular weight is 207 g/mol. The van der Waals surface area contributed by atoms with Crippen LogP contribution in [0, 0.1) is 5.41 Å². The van der Waals surface area contributed by atoms with Crippen LogP contribution >= 0.6 is 0 Å². The van der Waals surface area contributed by atoms with Crippen molar-refractivity contribution in [3.8, 4) is 0 Å². The molecule has 1 fully saturated rings. The van der Waals surface area contributed by atoms with Gasteiger partial charge in [-0.2, -0.15) is 5.10 Å². The highest BCUT2D eigenvalue weighted by molar-refractivity contribution is 5.05. The number of nitrogens with zero attached hydrogens (tertiary/aromatic N) is 2. The van der Waals surface area contributed by atoms with Gasteiger partial charge in [0.25, 0.3) is 0 Å². The van der Waals surface area contributed by atoms with Crippen LogP contribution in [0.2, 0.25) is 0 Å². The third-order valence-corrected chi connectivity index (χ3v) is 3.28. The molecule has 3 nitrogen and oxygen atoms in total. The van der Waals surface area contributed by atoms with Gasteiger partial charge in [-0.3, -0.25) is 4.68 Å². The van der Waals surface area contributed by atoms with Crippen LogP contribution in [-0.2, 0) is 13.1 Å². The minimum Gasteiger partial charge on any atom is -0.308 e. The first kappa shape index (κ1) is 10.7. The van der Waals surface area contributed by atoms with E-state index in [0.29, 0.717) is 11.5 Å². The van der Waals surface area contributed by atoms with E-state index in [0.717, 1.165) is 19.5 Å². The molecule has 1 atom stereocenters. The van der Waals surface area contributed by atoms with E-state index in [2.05, 4.69) is 41.9 Å². The van der Waals surface area contributed by atoms with Crippen molar-refractivity contribution >= 4 is 0 Å². The van der Waals surface area contributed by atoms with E-state index in [1.54, 1.807) is 0 Å². The van der Waals surface area contributed by atoms with Crippen LogP contribution in [0.3, 0.4) is 0 Å². The van der Waals surface area contributed by atoms with E-state index >= 15 is 0 Å². The maximum absolute atomic E-state index is 4.32. The van der Waals surface area contributed by atoms with Gasteiger partial charge in [-0.15, -0.1) is 0 Å². The molecule has 1 N–H and O–H groups in total. The van der Waals surface area contributed by atoms with Crippen LogP contribution in [0.1, 0.15) is 39.3 Å². The Balaban J connectivity index is 1.85. The minimum absolute atomic E-state index is 0.510. The van der Waals surface area contributed by atoms with E-state index in [4.69, 9.17) is 0 Å². The zero-order valence-electron chi connectivity index (χ0n) is 9.95. The molecule has 0 saturated heterocycles. The zero-order chi connectivity index (χ0) is 10.9. The lowest BCUT2D eigenvalue weighted by Crippen LogP contribution is -2.22. The number of aryl methyl sites for hydroxylation is 1. The van der Waals surface area contributed by atoms with E-state index in [1.807, 2.05) is 6.20 Å². The molecule has 1 aromatic rings. The Morgan fingerprint density at radius 3 is 2.93 bits per heavy atom. The maximum atomic E-state index is 4.32. The smallest absolute Gasteiger partial charge is 0.0522 e. The molecule has 1 heterocycles. The van der Waals surface area contributed by atoms with Crippen molar-refractivity contribution in [2.45, 2.75) is 52.7 Å². The molecule has 1 saturated carbocycles. The highest BCUT2D eigenvalue weighted by atomic mass is 15.3. The molecule has 0 spiro atoms. The summed E-state index contributed by atoms with van der Waals surface area (Å²) in [6.45, 7) is 8.79. The summed E-state index contributed by atoms with van der Waals surface area (Å²) in [6, 6.07) is 2.81. The van der Waals surface area contributed by atoms with Gasteiger partial charge >= 0.3 is 0 Å². The predicted octanol–water partition coefficient (Wildman–Crippen LogP) is 2.18. The van der Waals surface area contributed by atoms with E-state index in [-0.39, 0.29) is 0 Å². The second-order valence-electron chi connectivity index (χ2n) is 5.17. The van der Waals surface area contributed by atoms with Gasteiger partial charge in [-0.05, 0) is 24.3 Å². The molecule has 1 aromatic heterocycles. The van der Waals surface area contributed by atoms with Gasteiger partial charge in [0.05, 0.1) is 5.69 Å². The summed E-state index contributed by atoms with van der Waals surface area (Å²) < 4.78 is 2.10. The number of aromatic nitrogens is 2. The summed E-state index contributed by atoms with van der Waals surface area (Å²) in [4.78, 5) is 0. The maximum Gasteiger partial charge on any atom is 0.0522 e. The van der Waals surface area contributed by atoms with Crippen molar-refractivity contribution in [3.05, 3.63) is 18.0 Å². The van der Waals surface area contributed by atoms with Crippen LogP contribution < -0.4 is 5.32 Å². The Morgan fingerprint density at radius 1 is 1.60 bits per heavy atom. The highest BCUT2D eigenvalue weighted by Crippen LogP contribution is 2.44.